The summed E-state index contributed by atoms with van der Waals surface area (Å²) >= 11 is 12.0. The average molecular weight is 415 g/mol. The summed E-state index contributed by atoms with van der Waals surface area (Å²) in [6.07, 6.45) is 0. The van der Waals surface area contributed by atoms with Crippen molar-refractivity contribution < 1.29 is 19.1 Å². The van der Waals surface area contributed by atoms with Crippen molar-refractivity contribution in [1.82, 2.24) is 0 Å². The molecule has 0 aliphatic rings. The van der Waals surface area contributed by atoms with Crippen LogP contribution in [0.25, 0.3) is 0 Å². The molecule has 0 bridgehead atoms. The molecule has 3 aromatic rings. The highest BCUT2D eigenvalue weighted by molar-refractivity contribution is 6.31. The third kappa shape index (κ3) is 4.53. The molecular weight excluding hydrogens is 399 g/mol. The van der Waals surface area contributed by atoms with Crippen molar-refractivity contribution in [2.75, 3.05) is 0 Å². The highest BCUT2D eigenvalue weighted by Gasteiger charge is 2.20. The lowest BCUT2D eigenvalue weighted by Crippen LogP contribution is -2.17. The molecule has 0 amide bonds. The van der Waals surface area contributed by atoms with Gasteiger partial charge in [-0.25, -0.2) is 9.59 Å². The molecule has 0 aliphatic heterocycles. The number of benzene rings is 3. The molecule has 0 aromatic heterocycles. The first-order valence-electron chi connectivity index (χ1n) is 8.41. The van der Waals surface area contributed by atoms with Crippen LogP contribution in [0.15, 0.2) is 60.7 Å². The summed E-state index contributed by atoms with van der Waals surface area (Å²) in [6.45, 7) is 3.61. The third-order valence-corrected chi connectivity index (χ3v) is 4.89. The molecule has 0 unspecified atom stereocenters. The van der Waals surface area contributed by atoms with Gasteiger partial charge in [-0.2, -0.15) is 0 Å². The van der Waals surface area contributed by atoms with E-state index in [-0.39, 0.29) is 11.1 Å². The summed E-state index contributed by atoms with van der Waals surface area (Å²) in [7, 11) is 0. The molecule has 0 atom stereocenters. The van der Waals surface area contributed by atoms with Gasteiger partial charge in [0.2, 0.25) is 0 Å². The molecule has 3 aromatic carbocycles. The quantitative estimate of drug-likeness (QED) is 0.385. The minimum Gasteiger partial charge on any atom is -0.423 e. The van der Waals surface area contributed by atoms with Gasteiger partial charge < -0.3 is 9.47 Å². The van der Waals surface area contributed by atoms with Crippen molar-refractivity contribution in [1.29, 1.82) is 0 Å². The fourth-order valence-corrected chi connectivity index (χ4v) is 2.76. The minimum absolute atomic E-state index is 0.103. The Kier molecular flexibility index (Phi) is 6.02. The molecule has 0 saturated heterocycles. The average Bonchev–Trinajstić information content (AvgIpc) is 2.67. The van der Waals surface area contributed by atoms with Gasteiger partial charge >= 0.3 is 11.9 Å². The van der Waals surface area contributed by atoms with Gasteiger partial charge in [-0.05, 0) is 73.5 Å². The van der Waals surface area contributed by atoms with Gasteiger partial charge in [0, 0.05) is 10.0 Å². The van der Waals surface area contributed by atoms with Crippen LogP contribution in [0.3, 0.4) is 0 Å². The van der Waals surface area contributed by atoms with E-state index < -0.39 is 11.9 Å². The summed E-state index contributed by atoms with van der Waals surface area (Å²) in [5.41, 5.74) is 1.76. The smallest absolute Gasteiger partial charge is 0.344 e. The van der Waals surface area contributed by atoms with E-state index in [0.29, 0.717) is 21.5 Å². The molecule has 0 spiro atoms. The lowest BCUT2D eigenvalue weighted by Gasteiger charge is -2.10. The van der Waals surface area contributed by atoms with Crippen LogP contribution in [0.1, 0.15) is 31.8 Å². The van der Waals surface area contributed by atoms with Crippen molar-refractivity contribution >= 4 is 35.1 Å². The highest BCUT2D eigenvalue weighted by Crippen LogP contribution is 2.24. The second-order valence-electron chi connectivity index (χ2n) is 6.15. The van der Waals surface area contributed by atoms with E-state index in [1.807, 2.05) is 0 Å². The van der Waals surface area contributed by atoms with Crippen LogP contribution in [0.2, 0.25) is 10.0 Å². The molecule has 0 aliphatic carbocycles. The number of ether oxygens (including phenoxy) is 2. The van der Waals surface area contributed by atoms with Crippen LogP contribution in [0, 0.1) is 13.8 Å². The van der Waals surface area contributed by atoms with Crippen molar-refractivity contribution in [2.24, 2.45) is 0 Å². The first-order chi connectivity index (χ1) is 13.3. The molecule has 6 heteroatoms. The standard InChI is InChI=1S/C22H16Cl2O4/c1-13-11-15(7-9-19(13)23)27-21(25)17-5-3-4-6-18(17)22(26)28-16-8-10-20(24)14(2)12-16/h3-12H,1-2H3. The number of hydrogen-bond donors (Lipinski definition) is 0. The number of carbonyl (C=O) groups excluding carboxylic acids is 2. The van der Waals surface area contributed by atoms with E-state index in [1.165, 1.54) is 12.1 Å². The number of carbonyl (C=O) groups is 2. The minimum atomic E-state index is -0.665. The van der Waals surface area contributed by atoms with Crippen LogP contribution in [-0.2, 0) is 0 Å². The number of halogens is 2. The van der Waals surface area contributed by atoms with E-state index in [2.05, 4.69) is 0 Å². The van der Waals surface area contributed by atoms with Gasteiger partial charge in [0.25, 0.3) is 0 Å². The van der Waals surface area contributed by atoms with Crippen LogP contribution >= 0.6 is 23.2 Å². The van der Waals surface area contributed by atoms with E-state index in [1.54, 1.807) is 62.4 Å². The molecule has 0 radical (unpaired) electrons. The normalized spacial score (nSPS) is 10.4. The van der Waals surface area contributed by atoms with Gasteiger partial charge in [0.1, 0.15) is 11.5 Å². The second-order valence-corrected chi connectivity index (χ2v) is 6.96. The van der Waals surface area contributed by atoms with Crippen molar-refractivity contribution in [2.45, 2.75) is 13.8 Å². The lowest BCUT2D eigenvalue weighted by atomic mass is 10.1. The van der Waals surface area contributed by atoms with Crippen molar-refractivity contribution in [3.8, 4) is 11.5 Å². The molecule has 142 valence electrons. The fourth-order valence-electron chi connectivity index (χ4n) is 2.52. The van der Waals surface area contributed by atoms with E-state index >= 15 is 0 Å². The van der Waals surface area contributed by atoms with Crippen LogP contribution in [0.5, 0.6) is 11.5 Å². The van der Waals surface area contributed by atoms with Gasteiger partial charge in [-0.15, -0.1) is 0 Å². The van der Waals surface area contributed by atoms with E-state index in [9.17, 15) is 9.59 Å². The number of aryl methyl sites for hydroxylation is 2. The molecule has 0 saturated carbocycles. The van der Waals surface area contributed by atoms with Crippen LogP contribution < -0.4 is 9.47 Å². The summed E-state index contributed by atoms with van der Waals surface area (Å²) < 4.78 is 10.8. The zero-order valence-electron chi connectivity index (χ0n) is 15.2. The van der Waals surface area contributed by atoms with E-state index in [4.69, 9.17) is 32.7 Å². The predicted octanol–water partition coefficient (Wildman–Crippen LogP) is 6.05. The zero-order valence-corrected chi connectivity index (χ0v) is 16.7. The fraction of sp³-hybridized carbons (Fsp3) is 0.0909. The summed E-state index contributed by atoms with van der Waals surface area (Å²) in [6, 6.07) is 16.1. The van der Waals surface area contributed by atoms with Crippen molar-refractivity contribution in [3.05, 3.63) is 93.0 Å². The van der Waals surface area contributed by atoms with Crippen molar-refractivity contribution in [3.63, 3.8) is 0 Å². The monoisotopic (exact) mass is 414 g/mol. The molecule has 0 N–H and O–H groups in total. The Morgan fingerprint density at radius 3 is 1.43 bits per heavy atom. The molecule has 0 heterocycles. The first kappa shape index (κ1) is 19.9. The van der Waals surface area contributed by atoms with Gasteiger partial charge in [-0.1, -0.05) is 35.3 Å². The summed E-state index contributed by atoms with van der Waals surface area (Å²) in [5, 5.41) is 1.14. The molecular formula is C22H16Cl2O4. The van der Waals surface area contributed by atoms with Gasteiger partial charge in [-0.3, -0.25) is 0 Å². The van der Waals surface area contributed by atoms with Crippen LogP contribution in [0.4, 0.5) is 0 Å². The summed E-state index contributed by atoms with van der Waals surface area (Å²) in [4.78, 5) is 25.2. The Hall–Kier alpha value is -2.82. The molecule has 4 nitrogen and oxygen atoms in total. The lowest BCUT2D eigenvalue weighted by molar-refractivity contribution is 0.0692. The maximum atomic E-state index is 12.6. The maximum Gasteiger partial charge on any atom is 0.344 e. The second kappa shape index (κ2) is 8.46. The van der Waals surface area contributed by atoms with E-state index in [0.717, 1.165) is 11.1 Å². The Morgan fingerprint density at radius 2 is 1.07 bits per heavy atom. The number of esters is 2. The SMILES string of the molecule is Cc1cc(OC(=O)c2ccccc2C(=O)Oc2ccc(Cl)c(C)c2)ccc1Cl. The Bertz CT molecular complexity index is 976. The molecule has 3 rings (SSSR count). The Balaban J connectivity index is 1.83. The topological polar surface area (TPSA) is 52.6 Å². The number of rotatable bonds is 4. The number of hydrogen-bond acceptors (Lipinski definition) is 4. The first-order valence-corrected chi connectivity index (χ1v) is 9.16. The summed E-state index contributed by atoms with van der Waals surface area (Å²) in [5.74, 6) is -0.657. The van der Waals surface area contributed by atoms with Gasteiger partial charge in [0.05, 0.1) is 11.1 Å². The zero-order chi connectivity index (χ0) is 20.3. The van der Waals surface area contributed by atoms with Gasteiger partial charge in [0.15, 0.2) is 0 Å². The molecule has 0 fully saturated rings. The Labute approximate surface area is 172 Å². The predicted molar refractivity (Wildman–Crippen MR) is 109 cm³/mol. The van der Waals surface area contributed by atoms with Crippen LogP contribution in [-0.4, -0.2) is 11.9 Å². The largest absolute Gasteiger partial charge is 0.423 e. The Morgan fingerprint density at radius 1 is 0.679 bits per heavy atom. The highest BCUT2D eigenvalue weighted by atomic mass is 35.5. The third-order valence-electron chi connectivity index (χ3n) is 4.05. The maximum absolute atomic E-state index is 12.6. The molecule has 28 heavy (non-hydrogen) atoms.